The van der Waals surface area contributed by atoms with Gasteiger partial charge < -0.3 is 9.84 Å². The molecule has 112 valence electrons. The molecule has 6 heteroatoms. The maximum absolute atomic E-state index is 12.8. The molecular formula is C14H21NO4S. The van der Waals surface area contributed by atoms with E-state index in [0.29, 0.717) is 30.9 Å². The van der Waals surface area contributed by atoms with Crippen molar-refractivity contribution in [1.29, 1.82) is 0 Å². The van der Waals surface area contributed by atoms with E-state index in [1.165, 1.54) is 4.31 Å². The fourth-order valence-corrected chi connectivity index (χ4v) is 4.45. The molecular weight excluding hydrogens is 278 g/mol. The smallest absolute Gasteiger partial charge is 0.243 e. The minimum absolute atomic E-state index is 0.120. The number of nitrogens with zero attached hydrogens (tertiary/aromatic N) is 1. The molecule has 1 unspecified atom stereocenters. The van der Waals surface area contributed by atoms with Crippen molar-refractivity contribution in [2.75, 3.05) is 19.8 Å². The van der Waals surface area contributed by atoms with E-state index in [9.17, 15) is 13.5 Å². The zero-order valence-electron chi connectivity index (χ0n) is 11.9. The van der Waals surface area contributed by atoms with Crippen molar-refractivity contribution in [3.63, 3.8) is 0 Å². The van der Waals surface area contributed by atoms with Crippen LogP contribution in [0.25, 0.3) is 0 Å². The van der Waals surface area contributed by atoms with Crippen molar-refractivity contribution in [3.8, 4) is 0 Å². The van der Waals surface area contributed by atoms with Gasteiger partial charge in [0.05, 0.1) is 24.7 Å². The molecule has 0 aliphatic carbocycles. The molecule has 0 amide bonds. The third-order valence-corrected chi connectivity index (χ3v) is 5.89. The molecule has 1 aromatic rings. The summed E-state index contributed by atoms with van der Waals surface area (Å²) < 4.78 is 32.6. The molecule has 20 heavy (non-hydrogen) atoms. The predicted molar refractivity (Wildman–Crippen MR) is 75.9 cm³/mol. The topological polar surface area (TPSA) is 66.8 Å². The monoisotopic (exact) mass is 299 g/mol. The second-order valence-electron chi connectivity index (χ2n) is 4.95. The first-order valence-electron chi connectivity index (χ1n) is 6.81. The summed E-state index contributed by atoms with van der Waals surface area (Å²) >= 11 is 0. The Morgan fingerprint density at radius 2 is 2.20 bits per heavy atom. The lowest BCUT2D eigenvalue weighted by molar-refractivity contribution is 0.0314. The predicted octanol–water partition coefficient (Wildman–Crippen LogP) is 1.29. The van der Waals surface area contributed by atoms with E-state index in [2.05, 4.69) is 0 Å². The van der Waals surface area contributed by atoms with Crippen LogP contribution in [-0.4, -0.2) is 43.6 Å². The quantitative estimate of drug-likeness (QED) is 0.909. The van der Waals surface area contributed by atoms with Gasteiger partial charge in [-0.05, 0) is 30.5 Å². The molecule has 1 fully saturated rings. The van der Waals surface area contributed by atoms with Crippen LogP contribution in [-0.2, 0) is 21.4 Å². The first-order valence-corrected chi connectivity index (χ1v) is 8.25. The normalized spacial score (nSPS) is 21.1. The van der Waals surface area contributed by atoms with Crippen LogP contribution in [0.5, 0.6) is 0 Å². The van der Waals surface area contributed by atoms with Gasteiger partial charge in [0.15, 0.2) is 0 Å². The second kappa shape index (κ2) is 6.22. The summed E-state index contributed by atoms with van der Waals surface area (Å²) in [4.78, 5) is 0.282. The Morgan fingerprint density at radius 3 is 2.85 bits per heavy atom. The fraction of sp³-hybridized carbons (Fsp3) is 0.571. The van der Waals surface area contributed by atoms with Crippen molar-refractivity contribution in [1.82, 2.24) is 4.31 Å². The van der Waals surface area contributed by atoms with E-state index in [4.69, 9.17) is 4.74 Å². The van der Waals surface area contributed by atoms with Gasteiger partial charge >= 0.3 is 0 Å². The standard InChI is InChI=1S/C14H21NO4S/c1-3-13-10-19-8-7-15(13)20(17,18)14-6-4-5-12(9-16)11(14)2/h4-6,13,16H,3,7-10H2,1-2H3. The van der Waals surface area contributed by atoms with Crippen LogP contribution >= 0.6 is 0 Å². The van der Waals surface area contributed by atoms with Crippen molar-refractivity contribution in [3.05, 3.63) is 29.3 Å². The fourth-order valence-electron chi connectivity index (χ4n) is 2.51. The molecule has 0 radical (unpaired) electrons. The van der Waals surface area contributed by atoms with Crippen LogP contribution in [0.15, 0.2) is 23.1 Å². The molecule has 1 aromatic carbocycles. The van der Waals surface area contributed by atoms with Gasteiger partial charge in [0, 0.05) is 12.6 Å². The molecule has 5 nitrogen and oxygen atoms in total. The number of hydrogen-bond donors (Lipinski definition) is 1. The van der Waals surface area contributed by atoms with Crippen LogP contribution in [0.1, 0.15) is 24.5 Å². The first kappa shape index (κ1) is 15.4. The summed E-state index contributed by atoms with van der Waals surface area (Å²) in [6.07, 6.45) is 0.720. The average Bonchev–Trinajstić information content (AvgIpc) is 2.47. The SMILES string of the molecule is CCC1COCCN1S(=O)(=O)c1cccc(CO)c1C. The van der Waals surface area contributed by atoms with Gasteiger partial charge in [-0.2, -0.15) is 4.31 Å². The van der Waals surface area contributed by atoms with E-state index >= 15 is 0 Å². The number of benzene rings is 1. The van der Waals surface area contributed by atoms with Crippen molar-refractivity contribution in [2.24, 2.45) is 0 Å². The van der Waals surface area contributed by atoms with Crippen LogP contribution < -0.4 is 0 Å². The lowest BCUT2D eigenvalue weighted by atomic mass is 10.1. The Bertz CT molecular complexity index is 571. The van der Waals surface area contributed by atoms with Crippen LogP contribution in [0.4, 0.5) is 0 Å². The van der Waals surface area contributed by atoms with E-state index in [-0.39, 0.29) is 17.5 Å². The minimum Gasteiger partial charge on any atom is -0.392 e. The molecule has 0 spiro atoms. The summed E-state index contributed by atoms with van der Waals surface area (Å²) in [5, 5.41) is 9.29. The average molecular weight is 299 g/mol. The Hall–Kier alpha value is -0.950. The van der Waals surface area contributed by atoms with E-state index in [1.807, 2.05) is 6.92 Å². The summed E-state index contributed by atoms with van der Waals surface area (Å²) in [5.41, 5.74) is 1.27. The molecule has 1 aliphatic rings. The van der Waals surface area contributed by atoms with E-state index in [0.717, 1.165) is 6.42 Å². The third-order valence-electron chi connectivity index (χ3n) is 3.80. The van der Waals surface area contributed by atoms with Gasteiger partial charge in [0.2, 0.25) is 10.0 Å². The largest absolute Gasteiger partial charge is 0.392 e. The van der Waals surface area contributed by atoms with Crippen LogP contribution in [0.3, 0.4) is 0 Å². The maximum atomic E-state index is 12.8. The zero-order valence-corrected chi connectivity index (χ0v) is 12.7. The van der Waals surface area contributed by atoms with Crippen LogP contribution in [0.2, 0.25) is 0 Å². The summed E-state index contributed by atoms with van der Waals surface area (Å²) in [6, 6.07) is 4.90. The summed E-state index contributed by atoms with van der Waals surface area (Å²) in [7, 11) is -3.54. The summed E-state index contributed by atoms with van der Waals surface area (Å²) in [6.45, 7) is 4.78. The Balaban J connectivity index is 2.44. The minimum atomic E-state index is -3.54. The number of ether oxygens (including phenoxy) is 1. The van der Waals surface area contributed by atoms with Crippen molar-refractivity contribution < 1.29 is 18.3 Å². The number of morpholine rings is 1. The highest BCUT2D eigenvalue weighted by Gasteiger charge is 2.34. The van der Waals surface area contributed by atoms with Gasteiger partial charge in [0.25, 0.3) is 0 Å². The van der Waals surface area contributed by atoms with Gasteiger partial charge in [-0.15, -0.1) is 0 Å². The second-order valence-corrected chi connectivity index (χ2v) is 6.81. The lowest BCUT2D eigenvalue weighted by Crippen LogP contribution is -2.48. The number of sulfonamides is 1. The molecule has 1 N–H and O–H groups in total. The molecule has 1 heterocycles. The number of aliphatic hydroxyl groups excluding tert-OH is 1. The zero-order chi connectivity index (χ0) is 14.8. The van der Waals surface area contributed by atoms with Crippen LogP contribution in [0, 0.1) is 6.92 Å². The van der Waals surface area contributed by atoms with Gasteiger partial charge in [-0.1, -0.05) is 19.1 Å². The Labute approximate surface area is 120 Å². The van der Waals surface area contributed by atoms with Crippen molar-refractivity contribution >= 4 is 10.0 Å². The Kier molecular flexibility index (Phi) is 4.80. The molecule has 0 bridgehead atoms. The maximum Gasteiger partial charge on any atom is 0.243 e. The van der Waals surface area contributed by atoms with Crippen molar-refractivity contribution in [2.45, 2.75) is 37.8 Å². The molecule has 1 atom stereocenters. The highest BCUT2D eigenvalue weighted by molar-refractivity contribution is 7.89. The molecule has 0 saturated carbocycles. The highest BCUT2D eigenvalue weighted by atomic mass is 32.2. The highest BCUT2D eigenvalue weighted by Crippen LogP contribution is 2.26. The van der Waals surface area contributed by atoms with Gasteiger partial charge in [0.1, 0.15) is 0 Å². The number of rotatable bonds is 4. The molecule has 0 aromatic heterocycles. The van der Waals surface area contributed by atoms with E-state index in [1.54, 1.807) is 25.1 Å². The molecule has 1 aliphatic heterocycles. The third kappa shape index (κ3) is 2.74. The van der Waals surface area contributed by atoms with Gasteiger partial charge in [-0.25, -0.2) is 8.42 Å². The summed E-state index contributed by atoms with van der Waals surface area (Å²) in [5.74, 6) is 0. The number of hydrogen-bond acceptors (Lipinski definition) is 4. The molecule has 1 saturated heterocycles. The Morgan fingerprint density at radius 1 is 1.45 bits per heavy atom. The first-order chi connectivity index (χ1) is 9.52. The van der Waals surface area contributed by atoms with E-state index < -0.39 is 10.0 Å². The van der Waals surface area contributed by atoms with Gasteiger partial charge in [-0.3, -0.25) is 0 Å². The molecule has 2 rings (SSSR count). The number of aliphatic hydroxyl groups is 1. The lowest BCUT2D eigenvalue weighted by Gasteiger charge is -2.34.